The zero-order chi connectivity index (χ0) is 13.8. The van der Waals surface area contributed by atoms with Crippen molar-refractivity contribution in [2.24, 2.45) is 0 Å². The first kappa shape index (κ1) is 14.8. The van der Waals surface area contributed by atoms with Crippen LogP contribution in [0.25, 0.3) is 0 Å². The molecule has 4 heteroatoms. The lowest BCUT2D eigenvalue weighted by molar-refractivity contribution is 0.667. The fraction of sp³-hybridized carbons (Fsp3) is 0.800. The van der Waals surface area contributed by atoms with Crippen LogP contribution in [0.4, 0.5) is 5.13 Å². The summed E-state index contributed by atoms with van der Waals surface area (Å²) in [5, 5.41) is 4.68. The first-order valence-corrected chi connectivity index (χ1v) is 8.45. The van der Waals surface area contributed by atoms with Crippen LogP contribution in [-0.4, -0.2) is 24.1 Å². The van der Waals surface area contributed by atoms with Gasteiger partial charge in [0.05, 0.1) is 5.69 Å². The number of anilines is 1. The Morgan fingerprint density at radius 3 is 2.63 bits per heavy atom. The standard InChI is InChI=1S/C15H27N3S/c1-5-9-18(11(3)4)15-17-14(12-7-8-12)13(19-15)10-16-6-2/h11-12,16H,5-10H2,1-4H3. The van der Waals surface area contributed by atoms with Gasteiger partial charge in [-0.15, -0.1) is 11.3 Å². The van der Waals surface area contributed by atoms with Gasteiger partial charge in [0.15, 0.2) is 5.13 Å². The molecule has 1 N–H and O–H groups in total. The van der Waals surface area contributed by atoms with Crippen molar-refractivity contribution in [3.05, 3.63) is 10.6 Å². The van der Waals surface area contributed by atoms with E-state index in [2.05, 4.69) is 37.9 Å². The molecule has 0 unspecified atom stereocenters. The third-order valence-corrected chi connectivity index (χ3v) is 4.66. The van der Waals surface area contributed by atoms with E-state index in [4.69, 9.17) is 4.98 Å². The molecule has 1 aliphatic carbocycles. The summed E-state index contributed by atoms with van der Waals surface area (Å²) < 4.78 is 0. The van der Waals surface area contributed by atoms with Gasteiger partial charge in [-0.25, -0.2) is 4.98 Å². The van der Waals surface area contributed by atoms with Crippen molar-refractivity contribution >= 4 is 16.5 Å². The fourth-order valence-electron chi connectivity index (χ4n) is 2.33. The third-order valence-electron chi connectivity index (χ3n) is 3.55. The van der Waals surface area contributed by atoms with E-state index in [9.17, 15) is 0 Å². The molecule has 0 aliphatic heterocycles. The molecule has 0 radical (unpaired) electrons. The van der Waals surface area contributed by atoms with Crippen molar-refractivity contribution in [2.45, 2.75) is 65.5 Å². The molecule has 1 aromatic rings. The largest absolute Gasteiger partial charge is 0.346 e. The van der Waals surface area contributed by atoms with E-state index < -0.39 is 0 Å². The molecule has 1 aliphatic rings. The molecule has 19 heavy (non-hydrogen) atoms. The van der Waals surface area contributed by atoms with Gasteiger partial charge in [0.25, 0.3) is 0 Å². The van der Waals surface area contributed by atoms with Crippen LogP contribution in [0.5, 0.6) is 0 Å². The molecule has 1 aromatic heterocycles. The Morgan fingerprint density at radius 2 is 2.11 bits per heavy atom. The van der Waals surface area contributed by atoms with Gasteiger partial charge in [0, 0.05) is 29.9 Å². The van der Waals surface area contributed by atoms with Crippen molar-refractivity contribution in [3.8, 4) is 0 Å². The van der Waals surface area contributed by atoms with Crippen molar-refractivity contribution in [2.75, 3.05) is 18.0 Å². The van der Waals surface area contributed by atoms with Crippen LogP contribution in [0.1, 0.15) is 63.4 Å². The molecule has 0 spiro atoms. The molecule has 1 fully saturated rings. The Morgan fingerprint density at radius 1 is 1.37 bits per heavy atom. The first-order chi connectivity index (χ1) is 9.17. The van der Waals surface area contributed by atoms with E-state index in [-0.39, 0.29) is 0 Å². The summed E-state index contributed by atoms with van der Waals surface area (Å²) in [5.74, 6) is 0.745. The summed E-state index contributed by atoms with van der Waals surface area (Å²) in [7, 11) is 0. The third kappa shape index (κ3) is 3.69. The fourth-order valence-corrected chi connectivity index (χ4v) is 3.60. The van der Waals surface area contributed by atoms with Crippen LogP contribution < -0.4 is 10.2 Å². The second-order valence-corrected chi connectivity index (χ2v) is 6.71. The van der Waals surface area contributed by atoms with Gasteiger partial charge in [-0.1, -0.05) is 13.8 Å². The zero-order valence-electron chi connectivity index (χ0n) is 12.7. The average Bonchev–Trinajstić information content (AvgIpc) is 3.14. The summed E-state index contributed by atoms with van der Waals surface area (Å²) in [6, 6.07) is 0.533. The highest BCUT2D eigenvalue weighted by Gasteiger charge is 2.30. The Hall–Kier alpha value is -0.610. The van der Waals surface area contributed by atoms with Crippen molar-refractivity contribution < 1.29 is 0 Å². The number of hydrogen-bond donors (Lipinski definition) is 1. The molecule has 0 bridgehead atoms. The second-order valence-electron chi connectivity index (χ2n) is 5.65. The molecule has 2 rings (SSSR count). The van der Waals surface area contributed by atoms with Gasteiger partial charge in [0.2, 0.25) is 0 Å². The van der Waals surface area contributed by atoms with Crippen molar-refractivity contribution in [3.63, 3.8) is 0 Å². The maximum Gasteiger partial charge on any atom is 0.186 e. The highest BCUT2D eigenvalue weighted by atomic mass is 32.1. The number of nitrogens with zero attached hydrogens (tertiary/aromatic N) is 2. The molecule has 1 saturated carbocycles. The summed E-state index contributed by atoms with van der Waals surface area (Å²) >= 11 is 1.90. The maximum atomic E-state index is 4.97. The number of thiazole rings is 1. The van der Waals surface area contributed by atoms with Crippen molar-refractivity contribution in [1.29, 1.82) is 0 Å². The van der Waals surface area contributed by atoms with E-state index in [0.717, 1.165) is 25.6 Å². The highest BCUT2D eigenvalue weighted by Crippen LogP contribution is 2.44. The Bertz CT molecular complexity index is 396. The van der Waals surface area contributed by atoms with Crippen LogP contribution in [0.15, 0.2) is 0 Å². The topological polar surface area (TPSA) is 28.2 Å². The zero-order valence-corrected chi connectivity index (χ0v) is 13.5. The second kappa shape index (κ2) is 6.71. The lowest BCUT2D eigenvalue weighted by Crippen LogP contribution is -2.31. The van der Waals surface area contributed by atoms with Gasteiger partial charge in [-0.3, -0.25) is 0 Å². The summed E-state index contributed by atoms with van der Waals surface area (Å²) in [6.45, 7) is 12.0. The molecule has 1 heterocycles. The minimum Gasteiger partial charge on any atom is -0.346 e. The molecule has 3 nitrogen and oxygen atoms in total. The predicted molar refractivity (Wildman–Crippen MR) is 84.2 cm³/mol. The highest BCUT2D eigenvalue weighted by molar-refractivity contribution is 7.15. The SMILES string of the molecule is CCCN(c1nc(C2CC2)c(CNCC)s1)C(C)C. The van der Waals surface area contributed by atoms with E-state index in [0.29, 0.717) is 6.04 Å². The summed E-state index contributed by atoms with van der Waals surface area (Å²) in [4.78, 5) is 8.88. The Labute approximate surface area is 121 Å². The molecule has 0 atom stereocenters. The van der Waals surface area contributed by atoms with Gasteiger partial charge in [-0.2, -0.15) is 0 Å². The molecular weight excluding hydrogens is 254 g/mol. The van der Waals surface area contributed by atoms with E-state index in [1.165, 1.54) is 35.0 Å². The normalized spacial score (nSPS) is 15.2. The van der Waals surface area contributed by atoms with Crippen LogP contribution in [0.2, 0.25) is 0 Å². The lowest BCUT2D eigenvalue weighted by Gasteiger charge is -2.25. The van der Waals surface area contributed by atoms with E-state index in [1.807, 2.05) is 11.3 Å². The first-order valence-electron chi connectivity index (χ1n) is 7.64. The predicted octanol–water partition coefficient (Wildman–Crippen LogP) is 3.75. The van der Waals surface area contributed by atoms with Gasteiger partial charge in [0.1, 0.15) is 0 Å². The average molecular weight is 281 g/mol. The van der Waals surface area contributed by atoms with Gasteiger partial charge >= 0.3 is 0 Å². The monoisotopic (exact) mass is 281 g/mol. The Balaban J connectivity index is 2.19. The smallest absolute Gasteiger partial charge is 0.186 e. The molecular formula is C15H27N3S. The molecule has 0 aromatic carbocycles. The van der Waals surface area contributed by atoms with Crippen LogP contribution >= 0.6 is 11.3 Å². The minimum absolute atomic E-state index is 0.533. The number of hydrogen-bond acceptors (Lipinski definition) is 4. The number of aromatic nitrogens is 1. The molecule has 0 amide bonds. The van der Waals surface area contributed by atoms with Crippen LogP contribution in [-0.2, 0) is 6.54 Å². The summed E-state index contributed by atoms with van der Waals surface area (Å²) in [6.07, 6.45) is 3.84. The minimum atomic E-state index is 0.533. The van der Waals surface area contributed by atoms with E-state index in [1.54, 1.807) is 0 Å². The maximum absolute atomic E-state index is 4.97. The van der Waals surface area contributed by atoms with Gasteiger partial charge < -0.3 is 10.2 Å². The van der Waals surface area contributed by atoms with Gasteiger partial charge in [-0.05, 0) is 39.7 Å². The van der Waals surface area contributed by atoms with Crippen LogP contribution in [0, 0.1) is 0 Å². The molecule has 108 valence electrons. The Kier molecular flexibility index (Phi) is 5.22. The molecule has 0 saturated heterocycles. The number of rotatable bonds is 8. The summed E-state index contributed by atoms with van der Waals surface area (Å²) in [5.41, 5.74) is 1.38. The van der Waals surface area contributed by atoms with Crippen molar-refractivity contribution in [1.82, 2.24) is 10.3 Å². The lowest BCUT2D eigenvalue weighted by atomic mass is 10.2. The van der Waals surface area contributed by atoms with Crippen LogP contribution in [0.3, 0.4) is 0 Å². The quantitative estimate of drug-likeness (QED) is 0.786. The van der Waals surface area contributed by atoms with E-state index >= 15 is 0 Å². The number of nitrogens with one attached hydrogen (secondary N) is 1.